The molecule has 41 heavy (non-hydrogen) atoms. The Morgan fingerprint density at radius 3 is 2.10 bits per heavy atom. The average Bonchev–Trinajstić information content (AvgIpc) is 2.93. The summed E-state index contributed by atoms with van der Waals surface area (Å²) >= 11 is 19.1. The van der Waals surface area contributed by atoms with Gasteiger partial charge in [0.2, 0.25) is 11.8 Å². The van der Waals surface area contributed by atoms with E-state index in [1.165, 1.54) is 17.0 Å². The second-order valence-electron chi connectivity index (χ2n) is 9.72. The summed E-state index contributed by atoms with van der Waals surface area (Å²) < 4.78 is 29.0. The number of carbonyl (C=O) groups excluding carboxylic acids is 2. The zero-order valence-corrected chi connectivity index (χ0v) is 26.5. The zero-order valence-electron chi connectivity index (χ0n) is 23.4. The fourth-order valence-corrected chi connectivity index (χ4v) is 6.59. The number of hydrogen-bond acceptors (Lipinski definition) is 4. The first kappa shape index (κ1) is 32.7. The van der Waals surface area contributed by atoms with Gasteiger partial charge in [-0.2, -0.15) is 0 Å². The van der Waals surface area contributed by atoms with Crippen molar-refractivity contribution < 1.29 is 18.0 Å². The Morgan fingerprint density at radius 1 is 0.902 bits per heavy atom. The summed E-state index contributed by atoms with van der Waals surface area (Å²) in [6.07, 6.45) is 0.979. The molecule has 0 aliphatic heterocycles. The number of aryl methyl sites for hydroxylation is 1. The van der Waals surface area contributed by atoms with E-state index in [9.17, 15) is 18.0 Å². The first-order valence-corrected chi connectivity index (χ1v) is 15.8. The quantitative estimate of drug-likeness (QED) is 0.235. The molecule has 11 heteroatoms. The molecule has 220 valence electrons. The normalized spacial score (nSPS) is 12.9. The van der Waals surface area contributed by atoms with Crippen molar-refractivity contribution in [2.45, 2.75) is 64.1 Å². The van der Waals surface area contributed by atoms with Gasteiger partial charge in [-0.15, -0.1) is 0 Å². The van der Waals surface area contributed by atoms with Gasteiger partial charge < -0.3 is 10.2 Å². The van der Waals surface area contributed by atoms with Crippen molar-refractivity contribution in [1.82, 2.24) is 10.2 Å². The topological polar surface area (TPSA) is 86.8 Å². The summed E-state index contributed by atoms with van der Waals surface area (Å²) in [5.41, 5.74) is 1.31. The second-order valence-corrected chi connectivity index (χ2v) is 12.8. The molecule has 0 saturated carbocycles. The molecule has 3 rings (SSSR count). The van der Waals surface area contributed by atoms with Crippen molar-refractivity contribution in [1.29, 1.82) is 0 Å². The number of rotatable bonds is 12. The summed E-state index contributed by atoms with van der Waals surface area (Å²) in [6, 6.07) is 16.6. The molecule has 0 unspecified atom stereocenters. The predicted molar refractivity (Wildman–Crippen MR) is 166 cm³/mol. The monoisotopic (exact) mass is 637 g/mol. The van der Waals surface area contributed by atoms with Crippen LogP contribution in [-0.4, -0.2) is 43.8 Å². The average molecular weight is 639 g/mol. The third kappa shape index (κ3) is 7.95. The summed E-state index contributed by atoms with van der Waals surface area (Å²) in [7, 11) is -4.19. The summed E-state index contributed by atoms with van der Waals surface area (Å²) in [4.78, 5) is 29.0. The van der Waals surface area contributed by atoms with Gasteiger partial charge in [0.25, 0.3) is 10.0 Å². The minimum absolute atomic E-state index is 0.0180. The van der Waals surface area contributed by atoms with Crippen molar-refractivity contribution in [2.75, 3.05) is 10.8 Å². The minimum Gasteiger partial charge on any atom is -0.352 e. The number of anilines is 1. The van der Waals surface area contributed by atoms with Crippen LogP contribution in [-0.2, 0) is 26.2 Å². The number of sulfonamides is 1. The maximum Gasteiger partial charge on any atom is 0.264 e. The Bertz CT molecular complexity index is 1470. The predicted octanol–water partition coefficient (Wildman–Crippen LogP) is 6.87. The number of carbonyl (C=O) groups is 2. The Kier molecular flexibility index (Phi) is 11.5. The van der Waals surface area contributed by atoms with E-state index in [0.29, 0.717) is 38.3 Å². The second kappa shape index (κ2) is 14.4. The lowest BCUT2D eigenvalue weighted by Gasteiger charge is -2.34. The number of benzene rings is 3. The Hall–Kier alpha value is -2.78. The van der Waals surface area contributed by atoms with Crippen molar-refractivity contribution in [3.63, 3.8) is 0 Å². The fourth-order valence-electron chi connectivity index (χ4n) is 4.35. The van der Waals surface area contributed by atoms with Crippen LogP contribution in [0.5, 0.6) is 0 Å². The van der Waals surface area contributed by atoms with Gasteiger partial charge in [-0.3, -0.25) is 13.9 Å². The fraction of sp³-hybridized carbons (Fsp3) is 0.333. The van der Waals surface area contributed by atoms with Gasteiger partial charge in [-0.25, -0.2) is 8.42 Å². The van der Waals surface area contributed by atoms with Crippen LogP contribution in [0.2, 0.25) is 15.1 Å². The number of hydrogen-bond donors (Lipinski definition) is 1. The van der Waals surface area contributed by atoms with Crippen LogP contribution in [0.3, 0.4) is 0 Å². The molecule has 2 atom stereocenters. The molecule has 0 aromatic heterocycles. The van der Waals surface area contributed by atoms with E-state index in [4.69, 9.17) is 34.8 Å². The largest absolute Gasteiger partial charge is 0.352 e. The van der Waals surface area contributed by atoms with E-state index in [1.807, 2.05) is 13.8 Å². The molecule has 3 aromatic carbocycles. The number of nitrogens with zero attached hydrogens (tertiary/aromatic N) is 2. The number of nitrogens with one attached hydrogen (secondary N) is 1. The highest BCUT2D eigenvalue weighted by Crippen LogP contribution is 2.31. The van der Waals surface area contributed by atoms with Crippen LogP contribution in [0.4, 0.5) is 5.69 Å². The SMILES string of the molecule is CC[C@@H](C)NC(=O)[C@H](CC)N(Cc1c(Cl)cccc1Cl)C(=O)CN(c1ccc(Cl)cc1C)S(=O)(=O)c1ccccc1. The maximum atomic E-state index is 14.2. The van der Waals surface area contributed by atoms with Gasteiger partial charge in [0, 0.05) is 33.2 Å². The van der Waals surface area contributed by atoms with Crippen LogP contribution in [0.1, 0.15) is 44.7 Å². The number of amides is 2. The van der Waals surface area contributed by atoms with Crippen LogP contribution in [0, 0.1) is 6.92 Å². The molecule has 0 fully saturated rings. The molecule has 2 amide bonds. The highest BCUT2D eigenvalue weighted by atomic mass is 35.5. The van der Waals surface area contributed by atoms with Gasteiger partial charge in [-0.05, 0) is 74.7 Å². The van der Waals surface area contributed by atoms with Crippen LogP contribution < -0.4 is 9.62 Å². The van der Waals surface area contributed by atoms with Gasteiger partial charge in [-0.1, -0.05) is 72.9 Å². The molecule has 0 spiro atoms. The van der Waals surface area contributed by atoms with Gasteiger partial charge in [0.1, 0.15) is 12.6 Å². The lowest BCUT2D eigenvalue weighted by Crippen LogP contribution is -2.53. The van der Waals surface area contributed by atoms with E-state index in [0.717, 1.165) is 4.31 Å². The molecular formula is C30H34Cl3N3O4S. The molecule has 0 heterocycles. The summed E-state index contributed by atoms with van der Waals surface area (Å²) in [6.45, 7) is 6.65. The Labute approximate surface area is 257 Å². The van der Waals surface area contributed by atoms with Crippen molar-refractivity contribution in [3.05, 3.63) is 92.9 Å². The number of halogens is 3. The zero-order chi connectivity index (χ0) is 30.3. The van der Waals surface area contributed by atoms with Gasteiger partial charge in [0.15, 0.2) is 0 Å². The molecule has 0 aliphatic carbocycles. The molecule has 0 radical (unpaired) electrons. The summed E-state index contributed by atoms with van der Waals surface area (Å²) in [5, 5.41) is 4.03. The van der Waals surface area contributed by atoms with Crippen molar-refractivity contribution >= 4 is 62.3 Å². The molecule has 0 bridgehead atoms. The highest BCUT2D eigenvalue weighted by Gasteiger charge is 2.35. The van der Waals surface area contributed by atoms with Crippen LogP contribution >= 0.6 is 34.8 Å². The van der Waals surface area contributed by atoms with E-state index < -0.39 is 28.5 Å². The van der Waals surface area contributed by atoms with Crippen LogP contribution in [0.25, 0.3) is 0 Å². The minimum atomic E-state index is -4.19. The molecule has 3 aromatic rings. The first-order chi connectivity index (χ1) is 19.4. The van der Waals surface area contributed by atoms with E-state index in [1.54, 1.807) is 68.4 Å². The molecule has 0 aliphatic rings. The van der Waals surface area contributed by atoms with E-state index in [-0.39, 0.29) is 29.8 Å². The van der Waals surface area contributed by atoms with Gasteiger partial charge in [0.05, 0.1) is 10.6 Å². The van der Waals surface area contributed by atoms with E-state index >= 15 is 0 Å². The molecule has 1 N–H and O–H groups in total. The van der Waals surface area contributed by atoms with Crippen LogP contribution in [0.15, 0.2) is 71.6 Å². The Morgan fingerprint density at radius 2 is 1.54 bits per heavy atom. The standard InChI is InChI=1S/C30H34Cl3N3O4S/c1-5-21(4)34-30(38)27(6-2)35(18-24-25(32)13-10-14-26(24)33)29(37)19-36(28-16-15-22(31)17-20(28)3)41(39,40)23-11-8-7-9-12-23/h7-17,21,27H,5-6,18-19H2,1-4H3,(H,34,38)/t21-,27+/m1/s1. The lowest BCUT2D eigenvalue weighted by molar-refractivity contribution is -0.140. The molecular weight excluding hydrogens is 605 g/mol. The third-order valence-electron chi connectivity index (χ3n) is 6.81. The molecule has 7 nitrogen and oxygen atoms in total. The third-order valence-corrected chi connectivity index (χ3v) is 9.53. The highest BCUT2D eigenvalue weighted by molar-refractivity contribution is 7.92. The van der Waals surface area contributed by atoms with E-state index in [2.05, 4.69) is 5.32 Å². The smallest absolute Gasteiger partial charge is 0.264 e. The molecule has 0 saturated heterocycles. The lowest BCUT2D eigenvalue weighted by atomic mass is 10.1. The Balaban J connectivity index is 2.12. The first-order valence-electron chi connectivity index (χ1n) is 13.3. The van der Waals surface area contributed by atoms with Gasteiger partial charge >= 0.3 is 0 Å². The maximum absolute atomic E-state index is 14.2. The van der Waals surface area contributed by atoms with Crippen molar-refractivity contribution in [2.24, 2.45) is 0 Å². The van der Waals surface area contributed by atoms with Crippen molar-refractivity contribution in [3.8, 4) is 0 Å². The summed E-state index contributed by atoms with van der Waals surface area (Å²) in [5.74, 6) is -0.945.